The van der Waals surface area contributed by atoms with Crippen LogP contribution in [-0.4, -0.2) is 11.0 Å². The van der Waals surface area contributed by atoms with Crippen molar-refractivity contribution in [2.75, 3.05) is 0 Å². The Bertz CT molecular complexity index is 669. The van der Waals surface area contributed by atoms with Crippen LogP contribution >= 0.6 is 0 Å². The van der Waals surface area contributed by atoms with E-state index in [1.54, 1.807) is 31.2 Å². The van der Waals surface area contributed by atoms with Crippen LogP contribution in [0.4, 0.5) is 4.39 Å². The van der Waals surface area contributed by atoms with Crippen molar-refractivity contribution < 1.29 is 14.3 Å². The number of nitrogens with two attached hydrogens (primary N) is 1. The minimum Gasteiger partial charge on any atom is -0.456 e. The van der Waals surface area contributed by atoms with Crippen LogP contribution in [0.2, 0.25) is 0 Å². The van der Waals surface area contributed by atoms with Gasteiger partial charge in [0.15, 0.2) is 5.84 Å². The molecule has 0 spiro atoms. The molecule has 4 nitrogen and oxygen atoms in total. The van der Waals surface area contributed by atoms with E-state index in [0.717, 1.165) is 5.56 Å². The van der Waals surface area contributed by atoms with Gasteiger partial charge in [-0.3, -0.25) is 0 Å². The van der Waals surface area contributed by atoms with Gasteiger partial charge in [0.2, 0.25) is 0 Å². The molecule has 2 aromatic carbocycles. The maximum Gasteiger partial charge on any atom is 0.173 e. The van der Waals surface area contributed by atoms with Crippen LogP contribution in [0.5, 0.6) is 11.5 Å². The monoisotopic (exact) mass is 274 g/mol. The number of amidine groups is 1. The third-order valence-corrected chi connectivity index (χ3v) is 2.89. The predicted molar refractivity (Wildman–Crippen MR) is 74.9 cm³/mol. The van der Waals surface area contributed by atoms with Crippen molar-refractivity contribution in [1.82, 2.24) is 0 Å². The molecule has 0 bridgehead atoms. The minimum atomic E-state index is -0.347. The van der Waals surface area contributed by atoms with Gasteiger partial charge >= 0.3 is 0 Å². The number of halogens is 1. The van der Waals surface area contributed by atoms with Gasteiger partial charge < -0.3 is 15.7 Å². The Morgan fingerprint density at radius 1 is 1.20 bits per heavy atom. The largest absolute Gasteiger partial charge is 0.456 e. The number of oxime groups is 1. The van der Waals surface area contributed by atoms with Crippen molar-refractivity contribution in [2.45, 2.75) is 13.8 Å². The van der Waals surface area contributed by atoms with E-state index in [4.69, 9.17) is 15.7 Å². The zero-order valence-corrected chi connectivity index (χ0v) is 11.2. The molecule has 0 fully saturated rings. The Balaban J connectivity index is 2.40. The van der Waals surface area contributed by atoms with E-state index in [1.807, 2.05) is 13.0 Å². The lowest BCUT2D eigenvalue weighted by molar-refractivity contribution is 0.318. The van der Waals surface area contributed by atoms with Crippen LogP contribution in [0.25, 0.3) is 0 Å². The second-order valence-electron chi connectivity index (χ2n) is 4.50. The molecule has 104 valence electrons. The van der Waals surface area contributed by atoms with Crippen molar-refractivity contribution in [2.24, 2.45) is 10.9 Å². The van der Waals surface area contributed by atoms with Crippen LogP contribution in [0.3, 0.4) is 0 Å². The van der Waals surface area contributed by atoms with E-state index in [1.165, 1.54) is 6.07 Å². The molecule has 3 N–H and O–H groups in total. The Morgan fingerprint density at radius 3 is 2.60 bits per heavy atom. The first-order chi connectivity index (χ1) is 9.51. The van der Waals surface area contributed by atoms with Crippen LogP contribution in [-0.2, 0) is 0 Å². The summed E-state index contributed by atoms with van der Waals surface area (Å²) in [5, 5.41) is 11.8. The summed E-state index contributed by atoms with van der Waals surface area (Å²) in [6, 6.07) is 9.84. The van der Waals surface area contributed by atoms with Crippen LogP contribution in [0, 0.1) is 19.7 Å². The van der Waals surface area contributed by atoms with E-state index in [0.29, 0.717) is 22.6 Å². The van der Waals surface area contributed by atoms with Crippen molar-refractivity contribution in [3.8, 4) is 11.5 Å². The summed E-state index contributed by atoms with van der Waals surface area (Å²) >= 11 is 0. The summed E-state index contributed by atoms with van der Waals surface area (Å²) in [7, 11) is 0. The second-order valence-corrected chi connectivity index (χ2v) is 4.50. The summed E-state index contributed by atoms with van der Waals surface area (Å²) in [6.07, 6.45) is 0. The molecule has 0 atom stereocenters. The van der Waals surface area contributed by atoms with Gasteiger partial charge in [-0.1, -0.05) is 22.9 Å². The zero-order valence-electron chi connectivity index (χ0n) is 11.2. The number of benzene rings is 2. The standard InChI is InChI=1S/C15H15FN2O2/c1-9-3-6-14(12(7-9)15(17)18-19)20-11-5-4-10(2)13(16)8-11/h3-8,19H,1-2H3,(H2,17,18). The average Bonchev–Trinajstić information content (AvgIpc) is 2.44. The quantitative estimate of drug-likeness (QED) is 0.390. The normalized spacial score (nSPS) is 11.4. The first-order valence-corrected chi connectivity index (χ1v) is 6.04. The number of aryl methyl sites for hydroxylation is 2. The molecule has 0 amide bonds. The number of rotatable bonds is 3. The van der Waals surface area contributed by atoms with E-state index in [2.05, 4.69) is 5.16 Å². The lowest BCUT2D eigenvalue weighted by Crippen LogP contribution is -2.14. The first kappa shape index (κ1) is 13.9. The third-order valence-electron chi connectivity index (χ3n) is 2.89. The smallest absolute Gasteiger partial charge is 0.173 e. The molecular formula is C15H15FN2O2. The fraction of sp³-hybridized carbons (Fsp3) is 0.133. The molecular weight excluding hydrogens is 259 g/mol. The van der Waals surface area contributed by atoms with Crippen LogP contribution < -0.4 is 10.5 Å². The van der Waals surface area contributed by atoms with Gasteiger partial charge in [-0.05, 0) is 37.6 Å². The van der Waals surface area contributed by atoms with E-state index in [-0.39, 0.29) is 11.7 Å². The van der Waals surface area contributed by atoms with Crippen molar-refractivity contribution in [1.29, 1.82) is 0 Å². The van der Waals surface area contributed by atoms with Gasteiger partial charge in [-0.15, -0.1) is 0 Å². The predicted octanol–water partition coefficient (Wildman–Crippen LogP) is 3.33. The molecule has 0 aromatic heterocycles. The van der Waals surface area contributed by atoms with Crippen molar-refractivity contribution in [3.05, 3.63) is 58.9 Å². The topological polar surface area (TPSA) is 67.8 Å². The minimum absolute atomic E-state index is 0.0590. The third kappa shape index (κ3) is 2.88. The highest BCUT2D eigenvalue weighted by Crippen LogP contribution is 2.27. The molecule has 0 aliphatic heterocycles. The van der Waals surface area contributed by atoms with Crippen molar-refractivity contribution >= 4 is 5.84 Å². The van der Waals surface area contributed by atoms with E-state index < -0.39 is 0 Å². The van der Waals surface area contributed by atoms with E-state index in [9.17, 15) is 4.39 Å². The van der Waals surface area contributed by atoms with Gasteiger partial charge in [0, 0.05) is 6.07 Å². The SMILES string of the molecule is Cc1ccc(Oc2ccc(C)c(F)c2)c(/C(N)=N/O)c1. The molecule has 0 aliphatic rings. The molecule has 0 radical (unpaired) electrons. The number of hydrogen-bond acceptors (Lipinski definition) is 3. The Morgan fingerprint density at radius 2 is 1.95 bits per heavy atom. The summed E-state index contributed by atoms with van der Waals surface area (Å²) in [5.74, 6) is 0.342. The highest BCUT2D eigenvalue weighted by molar-refractivity contribution is 5.99. The molecule has 5 heteroatoms. The molecule has 0 heterocycles. The molecule has 2 rings (SSSR count). The number of ether oxygens (including phenoxy) is 1. The lowest BCUT2D eigenvalue weighted by Gasteiger charge is -2.11. The van der Waals surface area contributed by atoms with Crippen LogP contribution in [0.15, 0.2) is 41.6 Å². The first-order valence-electron chi connectivity index (χ1n) is 6.04. The maximum absolute atomic E-state index is 13.5. The maximum atomic E-state index is 13.5. The highest BCUT2D eigenvalue weighted by atomic mass is 19.1. The van der Waals surface area contributed by atoms with Crippen molar-refractivity contribution in [3.63, 3.8) is 0 Å². The molecule has 0 saturated heterocycles. The molecule has 20 heavy (non-hydrogen) atoms. The Hall–Kier alpha value is -2.56. The lowest BCUT2D eigenvalue weighted by atomic mass is 10.1. The second kappa shape index (κ2) is 5.61. The number of nitrogens with zero attached hydrogens (tertiary/aromatic N) is 1. The van der Waals surface area contributed by atoms with E-state index >= 15 is 0 Å². The average molecular weight is 274 g/mol. The van der Waals surface area contributed by atoms with Gasteiger partial charge in [-0.2, -0.15) is 0 Å². The fourth-order valence-corrected chi connectivity index (χ4v) is 1.75. The van der Waals surface area contributed by atoms with Gasteiger partial charge in [0.05, 0.1) is 5.56 Å². The van der Waals surface area contributed by atoms with Gasteiger partial charge in [-0.25, -0.2) is 4.39 Å². The number of hydrogen-bond donors (Lipinski definition) is 2. The summed E-state index contributed by atoms with van der Waals surface area (Å²) in [5.41, 5.74) is 7.55. The molecule has 0 unspecified atom stereocenters. The molecule has 0 saturated carbocycles. The Kier molecular flexibility index (Phi) is 3.89. The van der Waals surface area contributed by atoms with Gasteiger partial charge in [0.25, 0.3) is 0 Å². The molecule has 0 aliphatic carbocycles. The summed E-state index contributed by atoms with van der Waals surface area (Å²) < 4.78 is 19.1. The summed E-state index contributed by atoms with van der Waals surface area (Å²) in [4.78, 5) is 0. The summed E-state index contributed by atoms with van der Waals surface area (Å²) in [6.45, 7) is 3.55. The zero-order chi connectivity index (χ0) is 14.7. The highest BCUT2D eigenvalue weighted by Gasteiger charge is 2.10. The Labute approximate surface area is 116 Å². The van der Waals surface area contributed by atoms with Gasteiger partial charge in [0.1, 0.15) is 17.3 Å². The fourth-order valence-electron chi connectivity index (χ4n) is 1.75. The van der Waals surface area contributed by atoms with Crippen LogP contribution in [0.1, 0.15) is 16.7 Å². The molecule has 2 aromatic rings.